The lowest BCUT2D eigenvalue weighted by atomic mass is 10.1. The summed E-state index contributed by atoms with van der Waals surface area (Å²) in [5, 5.41) is 2.37. The van der Waals surface area contributed by atoms with Gasteiger partial charge in [-0.2, -0.15) is 13.2 Å². The number of nitrogens with two attached hydrogens (primary N) is 1. The molecule has 0 aliphatic heterocycles. The average molecular weight is 310 g/mol. The molecule has 4 nitrogen and oxygen atoms in total. The first kappa shape index (κ1) is 15.7. The van der Waals surface area contributed by atoms with Crippen molar-refractivity contribution >= 4 is 11.7 Å². The summed E-state index contributed by atoms with van der Waals surface area (Å²) >= 11 is 0. The molecule has 7 heteroatoms. The highest BCUT2D eigenvalue weighted by molar-refractivity contribution is 5.87. The van der Waals surface area contributed by atoms with Crippen molar-refractivity contribution in [3.63, 3.8) is 0 Å². The highest BCUT2D eigenvalue weighted by Crippen LogP contribution is 2.32. The summed E-state index contributed by atoms with van der Waals surface area (Å²) in [5.41, 5.74) is 4.76. The van der Waals surface area contributed by atoms with E-state index in [4.69, 9.17) is 10.5 Å². The second-order valence-electron chi connectivity index (χ2n) is 4.46. The molecule has 2 aromatic carbocycles. The quantitative estimate of drug-likeness (QED) is 0.902. The number of carbonyl (C=O) groups is 1. The van der Waals surface area contributed by atoms with Gasteiger partial charge in [0.05, 0.1) is 5.56 Å². The van der Waals surface area contributed by atoms with Crippen LogP contribution in [0.25, 0.3) is 0 Å². The van der Waals surface area contributed by atoms with Gasteiger partial charge in [-0.1, -0.05) is 18.2 Å². The van der Waals surface area contributed by atoms with Crippen molar-refractivity contribution < 1.29 is 22.7 Å². The van der Waals surface area contributed by atoms with Gasteiger partial charge in [0.15, 0.2) is 0 Å². The Labute approximate surface area is 124 Å². The van der Waals surface area contributed by atoms with E-state index in [0.29, 0.717) is 11.4 Å². The second kappa shape index (κ2) is 6.38. The number of primary amides is 1. The SMILES string of the molecule is NC(=O)Nc1ccc(OCc2ccccc2C(F)(F)F)cc1. The first-order chi connectivity index (χ1) is 10.4. The number of halogens is 3. The topological polar surface area (TPSA) is 64.4 Å². The van der Waals surface area contributed by atoms with Gasteiger partial charge in [0.25, 0.3) is 0 Å². The molecule has 0 aromatic heterocycles. The van der Waals surface area contributed by atoms with Crippen LogP contribution in [-0.2, 0) is 12.8 Å². The van der Waals surface area contributed by atoms with E-state index in [-0.39, 0.29) is 12.2 Å². The molecule has 0 aliphatic carbocycles. The smallest absolute Gasteiger partial charge is 0.416 e. The molecule has 3 N–H and O–H groups in total. The minimum atomic E-state index is -4.42. The summed E-state index contributed by atoms with van der Waals surface area (Å²) in [6, 6.07) is 10.7. The molecule has 0 unspecified atom stereocenters. The Balaban J connectivity index is 2.06. The maximum atomic E-state index is 12.8. The van der Waals surface area contributed by atoms with E-state index in [1.165, 1.54) is 42.5 Å². The Morgan fingerprint density at radius 1 is 1.09 bits per heavy atom. The molecule has 0 radical (unpaired) electrons. The molecule has 0 heterocycles. The summed E-state index contributed by atoms with van der Waals surface area (Å²) in [7, 11) is 0. The molecule has 2 aromatic rings. The highest BCUT2D eigenvalue weighted by atomic mass is 19.4. The Bertz CT molecular complexity index is 655. The number of hydrogen-bond donors (Lipinski definition) is 2. The van der Waals surface area contributed by atoms with E-state index in [1.807, 2.05) is 0 Å². The molecule has 0 bridgehead atoms. The molecule has 0 saturated heterocycles. The molecule has 2 amide bonds. The van der Waals surface area contributed by atoms with E-state index in [0.717, 1.165) is 6.07 Å². The van der Waals surface area contributed by atoms with Crippen molar-refractivity contribution in [1.82, 2.24) is 0 Å². The van der Waals surface area contributed by atoms with Gasteiger partial charge in [-0.15, -0.1) is 0 Å². The number of ether oxygens (including phenoxy) is 1. The van der Waals surface area contributed by atoms with E-state index in [2.05, 4.69) is 5.32 Å². The highest BCUT2D eigenvalue weighted by Gasteiger charge is 2.32. The van der Waals surface area contributed by atoms with Crippen molar-refractivity contribution in [1.29, 1.82) is 0 Å². The summed E-state index contributed by atoms with van der Waals surface area (Å²) in [4.78, 5) is 10.7. The van der Waals surface area contributed by atoms with Crippen molar-refractivity contribution in [3.8, 4) is 5.75 Å². The molecule has 0 spiro atoms. The maximum absolute atomic E-state index is 12.8. The van der Waals surface area contributed by atoms with Crippen LogP contribution < -0.4 is 15.8 Å². The summed E-state index contributed by atoms with van der Waals surface area (Å²) in [5.74, 6) is 0.381. The average Bonchev–Trinajstić information content (AvgIpc) is 2.45. The van der Waals surface area contributed by atoms with Gasteiger partial charge in [-0.05, 0) is 30.3 Å². The van der Waals surface area contributed by atoms with Crippen LogP contribution in [0.2, 0.25) is 0 Å². The summed E-state index contributed by atoms with van der Waals surface area (Å²) in [6.45, 7) is -0.210. The predicted octanol–water partition coefficient (Wildman–Crippen LogP) is 3.78. The number of carbonyl (C=O) groups excluding carboxylic acids is 1. The van der Waals surface area contributed by atoms with Gasteiger partial charge in [0, 0.05) is 11.3 Å². The number of anilines is 1. The molecule has 0 saturated carbocycles. The van der Waals surface area contributed by atoms with Crippen LogP contribution in [0.4, 0.5) is 23.7 Å². The largest absolute Gasteiger partial charge is 0.489 e. The molecule has 116 valence electrons. The van der Waals surface area contributed by atoms with Crippen LogP contribution >= 0.6 is 0 Å². The zero-order chi connectivity index (χ0) is 16.2. The maximum Gasteiger partial charge on any atom is 0.416 e. The lowest BCUT2D eigenvalue weighted by molar-refractivity contribution is -0.138. The van der Waals surface area contributed by atoms with Crippen molar-refractivity contribution in [2.24, 2.45) is 5.73 Å². The molecular formula is C15H13F3N2O2. The molecular weight excluding hydrogens is 297 g/mol. The predicted molar refractivity (Wildman–Crippen MR) is 75.4 cm³/mol. The lowest BCUT2D eigenvalue weighted by Gasteiger charge is -2.13. The lowest BCUT2D eigenvalue weighted by Crippen LogP contribution is -2.19. The fraction of sp³-hybridized carbons (Fsp3) is 0.133. The molecule has 0 aliphatic rings. The van der Waals surface area contributed by atoms with Crippen molar-refractivity contribution in [2.75, 3.05) is 5.32 Å². The fourth-order valence-corrected chi connectivity index (χ4v) is 1.86. The van der Waals surface area contributed by atoms with Gasteiger partial charge in [-0.3, -0.25) is 0 Å². The number of alkyl halides is 3. The number of hydrogen-bond acceptors (Lipinski definition) is 2. The van der Waals surface area contributed by atoms with Crippen LogP contribution in [-0.4, -0.2) is 6.03 Å². The third-order valence-corrected chi connectivity index (χ3v) is 2.84. The zero-order valence-electron chi connectivity index (χ0n) is 11.4. The third kappa shape index (κ3) is 4.15. The van der Waals surface area contributed by atoms with Gasteiger partial charge >= 0.3 is 12.2 Å². The molecule has 0 fully saturated rings. The van der Waals surface area contributed by atoms with E-state index in [9.17, 15) is 18.0 Å². The van der Waals surface area contributed by atoms with E-state index in [1.54, 1.807) is 0 Å². The summed E-state index contributed by atoms with van der Waals surface area (Å²) in [6.07, 6.45) is -4.42. The third-order valence-electron chi connectivity index (χ3n) is 2.84. The van der Waals surface area contributed by atoms with Crippen LogP contribution in [0.1, 0.15) is 11.1 Å². The minimum Gasteiger partial charge on any atom is -0.489 e. The molecule has 0 atom stereocenters. The number of nitrogens with one attached hydrogen (secondary N) is 1. The van der Waals surface area contributed by atoms with Gasteiger partial charge in [0.1, 0.15) is 12.4 Å². The zero-order valence-corrected chi connectivity index (χ0v) is 11.4. The molecule has 22 heavy (non-hydrogen) atoms. The Morgan fingerprint density at radius 2 is 1.73 bits per heavy atom. The van der Waals surface area contributed by atoms with Gasteiger partial charge in [-0.25, -0.2) is 4.79 Å². The number of urea groups is 1. The van der Waals surface area contributed by atoms with E-state index < -0.39 is 17.8 Å². The van der Waals surface area contributed by atoms with Crippen LogP contribution in [0.3, 0.4) is 0 Å². The minimum absolute atomic E-state index is 0.0503. The number of benzene rings is 2. The van der Waals surface area contributed by atoms with Crippen LogP contribution in [0.5, 0.6) is 5.75 Å². The Hall–Kier alpha value is -2.70. The Kier molecular flexibility index (Phi) is 4.55. The van der Waals surface area contributed by atoms with Crippen LogP contribution in [0, 0.1) is 0 Å². The monoisotopic (exact) mass is 310 g/mol. The standard InChI is InChI=1S/C15H13F3N2O2/c16-15(17,18)13-4-2-1-3-10(13)9-22-12-7-5-11(6-8-12)20-14(19)21/h1-8H,9H2,(H3,19,20,21). The van der Waals surface area contributed by atoms with E-state index >= 15 is 0 Å². The summed E-state index contributed by atoms with van der Waals surface area (Å²) < 4.78 is 43.9. The fourth-order valence-electron chi connectivity index (χ4n) is 1.86. The van der Waals surface area contributed by atoms with Crippen molar-refractivity contribution in [3.05, 3.63) is 59.7 Å². The first-order valence-electron chi connectivity index (χ1n) is 6.30. The van der Waals surface area contributed by atoms with Gasteiger partial charge < -0.3 is 15.8 Å². The first-order valence-corrected chi connectivity index (χ1v) is 6.30. The van der Waals surface area contributed by atoms with Crippen molar-refractivity contribution in [2.45, 2.75) is 12.8 Å². The second-order valence-corrected chi connectivity index (χ2v) is 4.46. The Morgan fingerprint density at radius 3 is 2.32 bits per heavy atom. The molecule has 2 rings (SSSR count). The van der Waals surface area contributed by atoms with Gasteiger partial charge in [0.2, 0.25) is 0 Å². The number of rotatable bonds is 4. The van der Waals surface area contributed by atoms with Crippen LogP contribution in [0.15, 0.2) is 48.5 Å². The number of amides is 2. The normalized spacial score (nSPS) is 11.0.